The molecule has 1 aromatic heterocycles. The number of piperidine rings is 1. The number of likely N-dealkylation sites (tertiary alicyclic amines) is 1. The summed E-state index contributed by atoms with van der Waals surface area (Å²) >= 11 is 0. The maximum absolute atomic E-state index is 13.3. The first kappa shape index (κ1) is 24.5. The summed E-state index contributed by atoms with van der Waals surface area (Å²) in [6.07, 6.45) is 3.04. The van der Waals surface area contributed by atoms with Crippen molar-refractivity contribution < 1.29 is 14.6 Å². The van der Waals surface area contributed by atoms with Crippen LogP contribution in [0.4, 0.5) is 5.69 Å². The van der Waals surface area contributed by atoms with E-state index in [1.807, 2.05) is 35.2 Å². The number of hydrogen-bond donors (Lipinski definition) is 1. The third kappa shape index (κ3) is 5.63. The van der Waals surface area contributed by atoms with Gasteiger partial charge in [-0.3, -0.25) is 14.7 Å². The van der Waals surface area contributed by atoms with Crippen molar-refractivity contribution in [3.05, 3.63) is 66.4 Å². The van der Waals surface area contributed by atoms with Gasteiger partial charge in [-0.25, -0.2) is 0 Å². The first-order chi connectivity index (χ1) is 17.6. The van der Waals surface area contributed by atoms with E-state index in [-0.39, 0.29) is 18.4 Å². The summed E-state index contributed by atoms with van der Waals surface area (Å²) in [5.74, 6) is 0.996. The van der Waals surface area contributed by atoms with Gasteiger partial charge in [-0.15, -0.1) is 0 Å². The van der Waals surface area contributed by atoms with E-state index in [9.17, 15) is 9.90 Å². The molecule has 36 heavy (non-hydrogen) atoms. The monoisotopic (exact) mass is 488 g/mol. The molecular formula is C29H36N4O3. The molecule has 0 bridgehead atoms. The number of aryl methyl sites for hydroxylation is 1. The lowest BCUT2D eigenvalue weighted by atomic mass is 9.96. The standard InChI is InChI=1S/C29H36N4O3/c1-22-7-2-3-11-27(22)32-15-17-33(18-16-32)29(35)23-8-6-14-31(19-23)20-24(34)21-36-28-12-4-10-26-25(28)9-5-13-30-26/h2-5,7,9-13,23-24,34H,6,8,14-21H2,1H3/t23?,24-/m1/s1. The van der Waals surface area contributed by atoms with Crippen molar-refractivity contribution in [1.82, 2.24) is 14.8 Å². The van der Waals surface area contributed by atoms with Crippen molar-refractivity contribution in [1.29, 1.82) is 0 Å². The predicted molar refractivity (Wildman–Crippen MR) is 142 cm³/mol. The van der Waals surface area contributed by atoms with E-state index in [0.29, 0.717) is 13.1 Å². The fraction of sp³-hybridized carbons (Fsp3) is 0.448. The van der Waals surface area contributed by atoms with Crippen LogP contribution >= 0.6 is 0 Å². The van der Waals surface area contributed by atoms with E-state index < -0.39 is 6.10 Å². The SMILES string of the molecule is Cc1ccccc1N1CCN(C(=O)C2CCCN(C[C@@H](O)COc3cccc4ncccc34)C2)CC1. The summed E-state index contributed by atoms with van der Waals surface area (Å²) in [5, 5.41) is 11.6. The molecule has 1 N–H and O–H groups in total. The second-order valence-electron chi connectivity index (χ2n) is 9.99. The number of nitrogens with zero attached hydrogens (tertiary/aromatic N) is 4. The Morgan fingerprint density at radius 1 is 1.06 bits per heavy atom. The molecule has 7 nitrogen and oxygen atoms in total. The Morgan fingerprint density at radius 2 is 1.89 bits per heavy atom. The number of hydrogen-bond acceptors (Lipinski definition) is 6. The summed E-state index contributed by atoms with van der Waals surface area (Å²) < 4.78 is 5.95. The van der Waals surface area contributed by atoms with Gasteiger partial charge in [0.05, 0.1) is 11.4 Å². The van der Waals surface area contributed by atoms with Gasteiger partial charge in [-0.05, 0) is 62.2 Å². The Kier molecular flexibility index (Phi) is 7.68. The molecule has 2 atom stereocenters. The quantitative estimate of drug-likeness (QED) is 0.550. The summed E-state index contributed by atoms with van der Waals surface area (Å²) in [5.41, 5.74) is 3.42. The van der Waals surface area contributed by atoms with E-state index in [1.165, 1.54) is 11.3 Å². The van der Waals surface area contributed by atoms with Crippen molar-refractivity contribution >= 4 is 22.5 Å². The molecule has 2 fully saturated rings. The van der Waals surface area contributed by atoms with E-state index in [1.54, 1.807) is 6.20 Å². The molecule has 3 aromatic rings. The number of piperazine rings is 1. The Balaban J connectivity index is 1.10. The lowest BCUT2D eigenvalue weighted by molar-refractivity contribution is -0.137. The number of fused-ring (bicyclic) bond motifs is 1. The molecule has 190 valence electrons. The van der Waals surface area contributed by atoms with Crippen LogP contribution in [0.2, 0.25) is 0 Å². The molecule has 1 amide bonds. The molecule has 7 heteroatoms. The molecule has 0 saturated carbocycles. The molecule has 5 rings (SSSR count). The van der Waals surface area contributed by atoms with Gasteiger partial charge in [-0.2, -0.15) is 0 Å². The smallest absolute Gasteiger partial charge is 0.227 e. The van der Waals surface area contributed by atoms with E-state index in [0.717, 1.165) is 62.2 Å². The maximum atomic E-state index is 13.3. The lowest BCUT2D eigenvalue weighted by Gasteiger charge is -2.40. The summed E-state index contributed by atoms with van der Waals surface area (Å²) in [6, 6.07) is 18.1. The van der Waals surface area contributed by atoms with Crippen molar-refractivity contribution in [3.63, 3.8) is 0 Å². The van der Waals surface area contributed by atoms with Gasteiger partial charge in [0.2, 0.25) is 5.91 Å². The van der Waals surface area contributed by atoms with Gasteiger partial charge in [0.15, 0.2) is 0 Å². The average Bonchev–Trinajstić information content (AvgIpc) is 2.92. The summed E-state index contributed by atoms with van der Waals surface area (Å²) in [7, 11) is 0. The Labute approximate surface area is 213 Å². The second kappa shape index (κ2) is 11.3. The van der Waals surface area contributed by atoms with Crippen LogP contribution in [0.15, 0.2) is 60.8 Å². The third-order valence-electron chi connectivity index (χ3n) is 7.41. The molecule has 0 spiro atoms. The number of carbonyl (C=O) groups is 1. The molecule has 2 aliphatic heterocycles. The van der Waals surface area contributed by atoms with Crippen molar-refractivity contribution in [2.45, 2.75) is 25.9 Å². The highest BCUT2D eigenvalue weighted by Gasteiger charge is 2.31. The molecule has 1 unspecified atom stereocenters. The zero-order valence-corrected chi connectivity index (χ0v) is 21.1. The number of benzene rings is 2. The van der Waals surface area contributed by atoms with Gasteiger partial charge in [0, 0.05) is 56.5 Å². The molecule has 0 aliphatic carbocycles. The normalized spacial score (nSPS) is 19.9. The minimum Gasteiger partial charge on any atom is -0.490 e. The Bertz CT molecular complexity index is 1170. The molecule has 3 heterocycles. The molecule has 0 radical (unpaired) electrons. The minimum absolute atomic E-state index is 0.000945. The van der Waals surface area contributed by atoms with Gasteiger partial charge < -0.3 is 19.6 Å². The van der Waals surface area contributed by atoms with E-state index in [4.69, 9.17) is 4.74 Å². The first-order valence-electron chi connectivity index (χ1n) is 13.0. The first-order valence-corrected chi connectivity index (χ1v) is 13.0. The molecule has 2 aliphatic rings. The van der Waals surface area contributed by atoms with Crippen LogP contribution in [0, 0.1) is 12.8 Å². The fourth-order valence-electron chi connectivity index (χ4n) is 5.50. The predicted octanol–water partition coefficient (Wildman–Crippen LogP) is 3.34. The lowest BCUT2D eigenvalue weighted by Crippen LogP contribution is -2.53. The highest BCUT2D eigenvalue weighted by molar-refractivity contribution is 5.84. The third-order valence-corrected chi connectivity index (χ3v) is 7.41. The zero-order valence-electron chi connectivity index (χ0n) is 21.1. The van der Waals surface area contributed by atoms with Crippen molar-refractivity contribution in [2.24, 2.45) is 5.92 Å². The Hall–Kier alpha value is -3.16. The van der Waals surface area contributed by atoms with Crippen LogP contribution in [-0.4, -0.2) is 84.3 Å². The molecule has 2 saturated heterocycles. The topological polar surface area (TPSA) is 69.1 Å². The van der Waals surface area contributed by atoms with Crippen molar-refractivity contribution in [3.8, 4) is 5.75 Å². The van der Waals surface area contributed by atoms with Gasteiger partial charge >= 0.3 is 0 Å². The number of rotatable bonds is 7. The van der Waals surface area contributed by atoms with Gasteiger partial charge in [0.1, 0.15) is 18.5 Å². The van der Waals surface area contributed by atoms with E-state index in [2.05, 4.69) is 46.0 Å². The van der Waals surface area contributed by atoms with Gasteiger partial charge in [-0.1, -0.05) is 24.3 Å². The minimum atomic E-state index is -0.622. The van der Waals surface area contributed by atoms with Crippen LogP contribution in [-0.2, 0) is 4.79 Å². The highest BCUT2D eigenvalue weighted by Crippen LogP contribution is 2.25. The number of para-hydroxylation sites is 1. The summed E-state index contributed by atoms with van der Waals surface area (Å²) in [6.45, 7) is 7.73. The number of β-amino-alcohol motifs (C(OH)–C–C–N with tert-alkyl or cyclic N) is 1. The number of aliphatic hydroxyl groups excluding tert-OH is 1. The number of pyridine rings is 1. The van der Waals surface area contributed by atoms with Crippen LogP contribution in [0.5, 0.6) is 5.75 Å². The largest absolute Gasteiger partial charge is 0.490 e. The number of aromatic nitrogens is 1. The Morgan fingerprint density at radius 3 is 2.72 bits per heavy atom. The van der Waals surface area contributed by atoms with Crippen LogP contribution in [0.1, 0.15) is 18.4 Å². The number of aliphatic hydroxyl groups is 1. The molecule has 2 aromatic carbocycles. The van der Waals surface area contributed by atoms with Crippen molar-refractivity contribution in [2.75, 3.05) is 57.3 Å². The van der Waals surface area contributed by atoms with Crippen LogP contribution in [0.25, 0.3) is 10.9 Å². The van der Waals surface area contributed by atoms with E-state index >= 15 is 0 Å². The summed E-state index contributed by atoms with van der Waals surface area (Å²) in [4.78, 5) is 24.3. The zero-order chi connectivity index (χ0) is 24.9. The second-order valence-corrected chi connectivity index (χ2v) is 9.99. The number of anilines is 1. The van der Waals surface area contributed by atoms with Crippen LogP contribution < -0.4 is 9.64 Å². The highest BCUT2D eigenvalue weighted by atomic mass is 16.5. The number of amides is 1. The number of carbonyl (C=O) groups excluding carboxylic acids is 1. The average molecular weight is 489 g/mol. The van der Waals surface area contributed by atoms with Gasteiger partial charge in [0.25, 0.3) is 0 Å². The maximum Gasteiger partial charge on any atom is 0.227 e. The number of ether oxygens (including phenoxy) is 1. The molecular weight excluding hydrogens is 452 g/mol. The fourth-order valence-corrected chi connectivity index (χ4v) is 5.50. The van der Waals surface area contributed by atoms with Crippen LogP contribution in [0.3, 0.4) is 0 Å².